The number of ether oxygens (including phenoxy) is 1. The molecule has 0 saturated carbocycles. The minimum Gasteiger partial charge on any atom is -0.477 e. The molecule has 0 bridgehead atoms. The maximum atomic E-state index is 5.71. The van der Waals surface area contributed by atoms with Crippen LogP contribution in [-0.4, -0.2) is 21.8 Å². The average Bonchev–Trinajstić information content (AvgIpc) is 2.74. The van der Waals surface area contributed by atoms with E-state index in [0.717, 1.165) is 29.8 Å². The van der Waals surface area contributed by atoms with Crippen LogP contribution in [0.1, 0.15) is 90.2 Å². The number of pyridine rings is 1. The maximum absolute atomic E-state index is 5.71. The molecule has 0 radical (unpaired) electrons. The first-order valence-electron chi connectivity index (χ1n) is 11.2. The molecule has 2 aromatic heterocycles. The van der Waals surface area contributed by atoms with Crippen LogP contribution < -0.4 is 4.74 Å². The molecule has 0 aliphatic carbocycles. The van der Waals surface area contributed by atoms with Gasteiger partial charge < -0.3 is 4.74 Å². The van der Waals surface area contributed by atoms with Crippen molar-refractivity contribution >= 4 is 0 Å². The van der Waals surface area contributed by atoms with E-state index in [2.05, 4.69) is 41.2 Å². The van der Waals surface area contributed by atoms with Gasteiger partial charge in [0.1, 0.15) is 0 Å². The van der Waals surface area contributed by atoms with Crippen molar-refractivity contribution in [2.24, 2.45) is 0 Å². The van der Waals surface area contributed by atoms with Gasteiger partial charge in [0.2, 0.25) is 5.88 Å². The lowest BCUT2D eigenvalue weighted by Crippen LogP contribution is -2.00. The molecular formula is C24H37N3O. The first-order chi connectivity index (χ1) is 13.8. The molecule has 0 N–H and O–H groups in total. The van der Waals surface area contributed by atoms with Gasteiger partial charge in [0.25, 0.3) is 0 Å². The summed E-state index contributed by atoms with van der Waals surface area (Å²) in [6.07, 6.45) is 17.0. The summed E-state index contributed by atoms with van der Waals surface area (Å²) in [5.41, 5.74) is 3.01. The fraction of sp³-hybridized carbons (Fsp3) is 0.625. The molecule has 0 fully saturated rings. The van der Waals surface area contributed by atoms with Crippen molar-refractivity contribution in [1.29, 1.82) is 0 Å². The van der Waals surface area contributed by atoms with Crippen LogP contribution >= 0.6 is 0 Å². The summed E-state index contributed by atoms with van der Waals surface area (Å²) in [5, 5.41) is 8.50. The van der Waals surface area contributed by atoms with E-state index < -0.39 is 0 Å². The van der Waals surface area contributed by atoms with E-state index in [-0.39, 0.29) is 0 Å². The second-order valence-electron chi connectivity index (χ2n) is 7.58. The Kier molecular flexibility index (Phi) is 11.2. The highest BCUT2D eigenvalue weighted by molar-refractivity contribution is 5.57. The number of rotatable bonds is 15. The lowest BCUT2D eigenvalue weighted by atomic mass is 10.1. The molecule has 2 aromatic rings. The molecule has 0 atom stereocenters. The minimum atomic E-state index is 0.606. The van der Waals surface area contributed by atoms with Crippen LogP contribution in [0.5, 0.6) is 5.88 Å². The third kappa shape index (κ3) is 8.81. The lowest BCUT2D eigenvalue weighted by molar-refractivity contribution is 0.290. The molecule has 154 valence electrons. The third-order valence-corrected chi connectivity index (χ3v) is 5.04. The first kappa shape index (κ1) is 22.3. The van der Waals surface area contributed by atoms with Gasteiger partial charge in [0, 0.05) is 23.5 Å². The van der Waals surface area contributed by atoms with E-state index in [1.807, 2.05) is 18.3 Å². The van der Waals surface area contributed by atoms with Gasteiger partial charge >= 0.3 is 0 Å². The molecule has 4 nitrogen and oxygen atoms in total. The fourth-order valence-corrected chi connectivity index (χ4v) is 3.24. The van der Waals surface area contributed by atoms with Crippen LogP contribution in [0.3, 0.4) is 0 Å². The Morgan fingerprint density at radius 2 is 1.43 bits per heavy atom. The molecule has 0 aromatic carbocycles. The summed E-state index contributed by atoms with van der Waals surface area (Å²) in [7, 11) is 0. The monoisotopic (exact) mass is 383 g/mol. The maximum Gasteiger partial charge on any atom is 0.233 e. The summed E-state index contributed by atoms with van der Waals surface area (Å²) in [6.45, 7) is 5.21. The summed E-state index contributed by atoms with van der Waals surface area (Å²) in [6, 6.07) is 8.07. The Morgan fingerprint density at radius 3 is 2.07 bits per heavy atom. The number of hydrogen-bond donors (Lipinski definition) is 0. The van der Waals surface area contributed by atoms with E-state index >= 15 is 0 Å². The first-order valence-corrected chi connectivity index (χ1v) is 11.2. The van der Waals surface area contributed by atoms with Crippen LogP contribution in [0.15, 0.2) is 30.5 Å². The molecule has 2 heterocycles. The fourth-order valence-electron chi connectivity index (χ4n) is 3.24. The topological polar surface area (TPSA) is 47.9 Å². The molecule has 0 unspecified atom stereocenters. The van der Waals surface area contributed by atoms with Gasteiger partial charge in [-0.15, -0.1) is 10.2 Å². The van der Waals surface area contributed by atoms with Gasteiger partial charge in [-0.05, 0) is 37.5 Å². The Labute approximate surface area is 171 Å². The quantitative estimate of drug-likeness (QED) is 0.318. The normalized spacial score (nSPS) is 10.9. The van der Waals surface area contributed by atoms with Crippen molar-refractivity contribution in [3.63, 3.8) is 0 Å². The van der Waals surface area contributed by atoms with Crippen LogP contribution in [0.4, 0.5) is 0 Å². The predicted molar refractivity (Wildman–Crippen MR) is 117 cm³/mol. The van der Waals surface area contributed by atoms with Crippen LogP contribution in [0.2, 0.25) is 0 Å². The van der Waals surface area contributed by atoms with E-state index in [0.29, 0.717) is 12.5 Å². The Hall–Kier alpha value is -1.97. The van der Waals surface area contributed by atoms with E-state index in [1.54, 1.807) is 0 Å². The molecule has 4 heteroatoms. The molecule has 0 spiro atoms. The number of nitrogens with zero attached hydrogens (tertiary/aromatic N) is 3. The van der Waals surface area contributed by atoms with Gasteiger partial charge in [-0.1, -0.05) is 71.6 Å². The van der Waals surface area contributed by atoms with Gasteiger partial charge in [-0.3, -0.25) is 4.98 Å². The number of hydrogen-bond acceptors (Lipinski definition) is 4. The molecule has 28 heavy (non-hydrogen) atoms. The zero-order valence-corrected chi connectivity index (χ0v) is 17.8. The largest absolute Gasteiger partial charge is 0.477 e. The van der Waals surface area contributed by atoms with Crippen molar-refractivity contribution in [2.75, 3.05) is 6.61 Å². The summed E-state index contributed by atoms with van der Waals surface area (Å²) in [5.74, 6) is 0.606. The number of aromatic nitrogens is 3. The highest BCUT2D eigenvalue weighted by Gasteiger charge is 2.04. The second-order valence-corrected chi connectivity index (χ2v) is 7.58. The molecule has 2 rings (SSSR count). The van der Waals surface area contributed by atoms with Crippen molar-refractivity contribution < 1.29 is 4.74 Å². The van der Waals surface area contributed by atoms with Crippen LogP contribution in [-0.2, 0) is 6.42 Å². The molecule has 0 aliphatic rings. The smallest absolute Gasteiger partial charge is 0.233 e. The minimum absolute atomic E-state index is 0.606. The van der Waals surface area contributed by atoms with Crippen LogP contribution in [0.25, 0.3) is 11.3 Å². The molecule has 0 saturated heterocycles. The lowest BCUT2D eigenvalue weighted by Gasteiger charge is -2.06. The molecule has 0 aliphatic heterocycles. The predicted octanol–water partition coefficient (Wildman–Crippen LogP) is 6.79. The SMILES string of the molecule is CCCCCCCCOc1ccc(-c2ccc(CCCCCCC)nc2)nn1. The van der Waals surface area contributed by atoms with E-state index in [9.17, 15) is 0 Å². The Bertz CT molecular complexity index is 625. The van der Waals surface area contributed by atoms with E-state index in [1.165, 1.54) is 64.2 Å². The Morgan fingerprint density at radius 1 is 0.714 bits per heavy atom. The summed E-state index contributed by atoms with van der Waals surface area (Å²) < 4.78 is 5.71. The van der Waals surface area contributed by atoms with Crippen molar-refractivity contribution in [2.45, 2.75) is 90.9 Å². The van der Waals surface area contributed by atoms with Crippen molar-refractivity contribution in [3.8, 4) is 17.1 Å². The molecule has 0 amide bonds. The van der Waals surface area contributed by atoms with Gasteiger partial charge in [-0.2, -0.15) is 0 Å². The number of unbranched alkanes of at least 4 members (excludes halogenated alkanes) is 9. The zero-order valence-electron chi connectivity index (χ0n) is 17.8. The zero-order chi connectivity index (χ0) is 19.9. The summed E-state index contributed by atoms with van der Waals surface area (Å²) >= 11 is 0. The van der Waals surface area contributed by atoms with Crippen molar-refractivity contribution in [3.05, 3.63) is 36.2 Å². The van der Waals surface area contributed by atoms with Gasteiger partial charge in [-0.25, -0.2) is 0 Å². The highest BCUT2D eigenvalue weighted by atomic mass is 16.5. The third-order valence-electron chi connectivity index (χ3n) is 5.04. The average molecular weight is 384 g/mol. The summed E-state index contributed by atoms with van der Waals surface area (Å²) in [4.78, 5) is 4.59. The molecular weight excluding hydrogens is 346 g/mol. The standard InChI is InChI=1S/C24H37N3O/c1-3-5-7-9-11-13-19-28-24-18-17-23(26-27-24)21-15-16-22(25-20-21)14-12-10-8-6-4-2/h15-18,20H,3-14,19H2,1-2H3. The van der Waals surface area contributed by atoms with Crippen molar-refractivity contribution in [1.82, 2.24) is 15.2 Å². The van der Waals surface area contributed by atoms with Gasteiger partial charge in [0.15, 0.2) is 0 Å². The van der Waals surface area contributed by atoms with Crippen LogP contribution in [0, 0.1) is 0 Å². The Balaban J connectivity index is 1.70. The second kappa shape index (κ2) is 14.1. The highest BCUT2D eigenvalue weighted by Crippen LogP contribution is 2.18. The number of aryl methyl sites for hydroxylation is 1. The van der Waals surface area contributed by atoms with E-state index in [4.69, 9.17) is 4.74 Å². The van der Waals surface area contributed by atoms with Gasteiger partial charge in [0.05, 0.1) is 12.3 Å².